The van der Waals surface area contributed by atoms with Crippen LogP contribution < -0.4 is 10.2 Å². The summed E-state index contributed by atoms with van der Waals surface area (Å²) >= 11 is 0. The first-order chi connectivity index (χ1) is 9.95. The average Bonchev–Trinajstić information content (AvgIpc) is 3.25. The lowest BCUT2D eigenvalue weighted by atomic mass is 9.90. The first kappa shape index (κ1) is 16.0. The van der Waals surface area contributed by atoms with Crippen LogP contribution in [0.1, 0.15) is 51.8 Å². The lowest BCUT2D eigenvalue weighted by molar-refractivity contribution is 0.565. The zero-order valence-corrected chi connectivity index (χ0v) is 13.9. The van der Waals surface area contributed by atoms with Crippen LogP contribution in [0.2, 0.25) is 0 Å². The topological polar surface area (TPSA) is 28.2 Å². The van der Waals surface area contributed by atoms with Gasteiger partial charge in [-0.1, -0.05) is 33.8 Å². The van der Waals surface area contributed by atoms with E-state index >= 15 is 0 Å². The predicted molar refractivity (Wildman–Crippen MR) is 90.9 cm³/mol. The maximum Gasteiger partial charge on any atom is 0.129 e. The van der Waals surface area contributed by atoms with Gasteiger partial charge in [-0.15, -0.1) is 6.58 Å². The van der Waals surface area contributed by atoms with E-state index in [0.717, 1.165) is 25.5 Å². The molecule has 21 heavy (non-hydrogen) atoms. The smallest absolute Gasteiger partial charge is 0.129 e. The van der Waals surface area contributed by atoms with Crippen molar-refractivity contribution in [2.24, 2.45) is 0 Å². The van der Waals surface area contributed by atoms with Gasteiger partial charge in [-0.2, -0.15) is 0 Å². The highest BCUT2D eigenvalue weighted by Crippen LogP contribution is 2.32. The van der Waals surface area contributed by atoms with Crippen LogP contribution in [0.15, 0.2) is 24.8 Å². The lowest BCUT2D eigenvalue weighted by Crippen LogP contribution is -2.28. The van der Waals surface area contributed by atoms with Crippen LogP contribution in [0.25, 0.3) is 0 Å². The van der Waals surface area contributed by atoms with E-state index in [9.17, 15) is 0 Å². The molecule has 1 saturated carbocycles. The van der Waals surface area contributed by atoms with Crippen LogP contribution in [0.3, 0.4) is 0 Å². The van der Waals surface area contributed by atoms with Crippen molar-refractivity contribution in [2.45, 2.75) is 58.5 Å². The molecule has 1 heterocycles. The Morgan fingerprint density at radius 1 is 1.38 bits per heavy atom. The zero-order chi connectivity index (χ0) is 15.5. The van der Waals surface area contributed by atoms with Gasteiger partial charge in [0.05, 0.1) is 0 Å². The van der Waals surface area contributed by atoms with Crippen molar-refractivity contribution in [3.63, 3.8) is 0 Å². The summed E-state index contributed by atoms with van der Waals surface area (Å²) in [5, 5.41) is 3.42. The van der Waals surface area contributed by atoms with Crippen molar-refractivity contribution in [1.82, 2.24) is 10.3 Å². The third-order valence-corrected chi connectivity index (χ3v) is 3.83. The van der Waals surface area contributed by atoms with Gasteiger partial charge in [0.25, 0.3) is 0 Å². The Kier molecular flexibility index (Phi) is 5.04. The van der Waals surface area contributed by atoms with Crippen molar-refractivity contribution in [3.8, 4) is 0 Å². The molecule has 0 aliphatic heterocycles. The molecule has 0 atom stereocenters. The normalized spacial score (nSPS) is 15.0. The number of rotatable bonds is 7. The highest BCUT2D eigenvalue weighted by Gasteiger charge is 2.30. The van der Waals surface area contributed by atoms with Crippen molar-refractivity contribution >= 4 is 5.82 Å². The van der Waals surface area contributed by atoms with Crippen LogP contribution in [-0.4, -0.2) is 24.1 Å². The molecular formula is C18H29N3. The van der Waals surface area contributed by atoms with E-state index in [1.165, 1.54) is 24.1 Å². The Morgan fingerprint density at radius 3 is 2.62 bits per heavy atom. The molecular weight excluding hydrogens is 258 g/mol. The number of anilines is 1. The number of nitrogens with zero attached hydrogens (tertiary/aromatic N) is 2. The fourth-order valence-corrected chi connectivity index (χ4v) is 2.43. The maximum absolute atomic E-state index is 4.94. The molecule has 0 aromatic carbocycles. The van der Waals surface area contributed by atoms with E-state index in [1.54, 1.807) is 0 Å². The summed E-state index contributed by atoms with van der Waals surface area (Å²) in [6.45, 7) is 15.5. The Balaban J connectivity index is 2.35. The third-order valence-electron chi connectivity index (χ3n) is 3.83. The number of nitrogens with one attached hydrogen (secondary N) is 1. The fraction of sp³-hybridized carbons (Fsp3) is 0.611. The van der Waals surface area contributed by atoms with E-state index in [1.807, 2.05) is 6.08 Å². The van der Waals surface area contributed by atoms with Gasteiger partial charge in [0.1, 0.15) is 5.82 Å². The summed E-state index contributed by atoms with van der Waals surface area (Å²) in [4.78, 5) is 7.34. The number of hydrogen-bond donors (Lipinski definition) is 1. The van der Waals surface area contributed by atoms with Crippen LogP contribution in [-0.2, 0) is 12.0 Å². The molecule has 1 aromatic heterocycles. The fourth-order valence-electron chi connectivity index (χ4n) is 2.43. The first-order valence-corrected chi connectivity index (χ1v) is 8.05. The van der Waals surface area contributed by atoms with Crippen molar-refractivity contribution in [3.05, 3.63) is 36.0 Å². The van der Waals surface area contributed by atoms with Gasteiger partial charge in [0, 0.05) is 30.2 Å². The van der Waals surface area contributed by atoms with E-state index in [2.05, 4.69) is 56.6 Å². The van der Waals surface area contributed by atoms with Crippen molar-refractivity contribution in [2.75, 3.05) is 18.0 Å². The molecule has 0 saturated heterocycles. The predicted octanol–water partition coefficient (Wildman–Crippen LogP) is 3.64. The molecule has 1 N–H and O–H groups in total. The van der Waals surface area contributed by atoms with E-state index in [0.29, 0.717) is 6.04 Å². The standard InChI is InChI=1S/C18H29N3/c1-6-10-21(15-8-9-15)17-12-14(13-19-7-2)11-16(20-17)18(3,4)5/h6,11-12,15,19H,1,7-10,13H2,2-5H3. The second kappa shape index (κ2) is 6.61. The SMILES string of the molecule is C=CCN(c1cc(CNCC)cc(C(C)(C)C)n1)C1CC1. The van der Waals surface area contributed by atoms with Gasteiger partial charge in [-0.3, -0.25) is 0 Å². The highest BCUT2D eigenvalue weighted by atomic mass is 15.2. The molecule has 0 amide bonds. The van der Waals surface area contributed by atoms with Crippen LogP contribution in [0, 0.1) is 0 Å². The van der Waals surface area contributed by atoms with Gasteiger partial charge in [0.2, 0.25) is 0 Å². The van der Waals surface area contributed by atoms with Crippen molar-refractivity contribution < 1.29 is 0 Å². The van der Waals surface area contributed by atoms with Crippen molar-refractivity contribution in [1.29, 1.82) is 0 Å². The van der Waals surface area contributed by atoms with Crippen LogP contribution >= 0.6 is 0 Å². The summed E-state index contributed by atoms with van der Waals surface area (Å²) in [5.41, 5.74) is 2.56. The maximum atomic E-state index is 4.94. The summed E-state index contributed by atoms with van der Waals surface area (Å²) in [5.74, 6) is 1.11. The van der Waals surface area contributed by atoms with E-state index < -0.39 is 0 Å². The van der Waals surface area contributed by atoms with Gasteiger partial charge >= 0.3 is 0 Å². The first-order valence-electron chi connectivity index (χ1n) is 8.05. The number of aromatic nitrogens is 1. The molecule has 0 spiro atoms. The summed E-state index contributed by atoms with van der Waals surface area (Å²) < 4.78 is 0. The van der Waals surface area contributed by atoms with Crippen LogP contribution in [0.5, 0.6) is 0 Å². The molecule has 0 bridgehead atoms. The monoisotopic (exact) mass is 287 g/mol. The molecule has 1 fully saturated rings. The molecule has 1 aliphatic carbocycles. The lowest BCUT2D eigenvalue weighted by Gasteiger charge is -2.26. The largest absolute Gasteiger partial charge is 0.350 e. The quantitative estimate of drug-likeness (QED) is 0.776. The van der Waals surface area contributed by atoms with Gasteiger partial charge < -0.3 is 10.2 Å². The molecule has 2 rings (SSSR count). The number of hydrogen-bond acceptors (Lipinski definition) is 3. The summed E-state index contributed by atoms with van der Waals surface area (Å²) in [7, 11) is 0. The Morgan fingerprint density at radius 2 is 2.10 bits per heavy atom. The Hall–Kier alpha value is -1.35. The minimum absolute atomic E-state index is 0.0698. The Bertz CT molecular complexity index is 484. The second-order valence-corrected chi connectivity index (χ2v) is 6.92. The van der Waals surface area contributed by atoms with Gasteiger partial charge in [0.15, 0.2) is 0 Å². The third kappa shape index (κ3) is 4.31. The highest BCUT2D eigenvalue weighted by molar-refractivity contribution is 5.46. The molecule has 116 valence electrons. The van der Waals surface area contributed by atoms with Gasteiger partial charge in [-0.25, -0.2) is 4.98 Å². The molecule has 0 unspecified atom stereocenters. The molecule has 1 aliphatic rings. The minimum Gasteiger partial charge on any atom is -0.350 e. The minimum atomic E-state index is 0.0698. The molecule has 1 aromatic rings. The van der Waals surface area contributed by atoms with Crippen LogP contribution in [0.4, 0.5) is 5.82 Å². The van der Waals surface area contributed by atoms with Gasteiger partial charge in [-0.05, 0) is 37.1 Å². The average molecular weight is 287 g/mol. The van der Waals surface area contributed by atoms with E-state index in [-0.39, 0.29) is 5.41 Å². The summed E-state index contributed by atoms with van der Waals surface area (Å²) in [6.07, 6.45) is 4.53. The Labute approximate surface area is 129 Å². The second-order valence-electron chi connectivity index (χ2n) is 6.92. The molecule has 0 radical (unpaired) electrons. The van der Waals surface area contributed by atoms with E-state index in [4.69, 9.17) is 4.98 Å². The molecule has 3 nitrogen and oxygen atoms in total. The number of pyridine rings is 1. The molecule has 3 heteroatoms. The zero-order valence-electron chi connectivity index (χ0n) is 13.9. The summed E-state index contributed by atoms with van der Waals surface area (Å²) in [6, 6.07) is 5.13.